The summed E-state index contributed by atoms with van der Waals surface area (Å²) < 4.78 is 40.7. The minimum absolute atomic E-state index is 0.175. The van der Waals surface area contributed by atoms with E-state index >= 15 is 0 Å². The lowest BCUT2D eigenvalue weighted by Gasteiger charge is -2.13. The van der Waals surface area contributed by atoms with Crippen LogP contribution in [0.2, 0.25) is 0 Å². The van der Waals surface area contributed by atoms with Gasteiger partial charge in [0.15, 0.2) is 11.6 Å². The van der Waals surface area contributed by atoms with Crippen molar-refractivity contribution in [2.75, 3.05) is 6.61 Å². The number of rotatable bonds is 18. The number of hydrogen-bond donors (Lipinski definition) is 0. The van der Waals surface area contributed by atoms with Gasteiger partial charge >= 0.3 is 5.97 Å². The number of benzene rings is 2. The molecule has 4 nitrogen and oxygen atoms in total. The summed E-state index contributed by atoms with van der Waals surface area (Å²) in [6.45, 7) is 8.87. The first-order chi connectivity index (χ1) is 20.3. The quantitative estimate of drug-likeness (QED) is 0.0854. The van der Waals surface area contributed by atoms with E-state index in [0.717, 1.165) is 32.1 Å². The molecule has 0 aliphatic carbocycles. The molecular weight excluding hydrogens is 532 g/mol. The van der Waals surface area contributed by atoms with Crippen LogP contribution in [0.1, 0.15) is 98.3 Å². The van der Waals surface area contributed by atoms with Gasteiger partial charge in [-0.15, -0.1) is 0 Å². The zero-order valence-corrected chi connectivity index (χ0v) is 25.8. The summed E-state index contributed by atoms with van der Waals surface area (Å²) in [5, 5.41) is 0. The van der Waals surface area contributed by atoms with Crippen molar-refractivity contribution in [2.45, 2.75) is 98.3 Å². The highest BCUT2D eigenvalue weighted by atomic mass is 19.1. The van der Waals surface area contributed by atoms with Crippen molar-refractivity contribution >= 4 is 5.97 Å². The topological polar surface area (TPSA) is 48.4 Å². The molecule has 228 valence electrons. The molecule has 3 aromatic rings. The van der Waals surface area contributed by atoms with Crippen molar-refractivity contribution in [1.82, 2.24) is 4.98 Å². The third-order valence-corrected chi connectivity index (χ3v) is 7.54. The Labute approximate surface area is 250 Å². The van der Waals surface area contributed by atoms with Gasteiger partial charge in [0.2, 0.25) is 0 Å². The van der Waals surface area contributed by atoms with Crippen LogP contribution in [-0.4, -0.2) is 17.6 Å². The number of halogens is 2. The Bertz CT molecular complexity index is 1240. The molecule has 0 spiro atoms. The molecule has 0 aliphatic rings. The number of unbranched alkanes of at least 4 members (excludes halogenated alkanes) is 7. The fourth-order valence-electron chi connectivity index (χ4n) is 4.87. The van der Waals surface area contributed by atoms with E-state index in [-0.39, 0.29) is 23.4 Å². The Morgan fingerprint density at radius 1 is 0.786 bits per heavy atom. The number of ether oxygens (including phenoxy) is 2. The van der Waals surface area contributed by atoms with Crippen molar-refractivity contribution in [3.8, 4) is 33.9 Å². The second-order valence-corrected chi connectivity index (χ2v) is 11.7. The van der Waals surface area contributed by atoms with E-state index in [9.17, 15) is 13.6 Å². The van der Waals surface area contributed by atoms with Gasteiger partial charge in [-0.25, -0.2) is 8.78 Å². The standard InChI is InChI=1S/C36H47F2NO3/c1-5-6-7-8-9-10-11-12-22-41-35-21-17-28(23-33(35)38)29-16-20-34(39-25-29)31-19-18-30(24-32(31)37)42-36(40)27(4)15-13-14-26(2)3/h16-21,23-27H,5-15,22H2,1-4H3. The van der Waals surface area contributed by atoms with E-state index in [2.05, 4.69) is 25.8 Å². The minimum atomic E-state index is -0.531. The Balaban J connectivity index is 1.51. The first-order valence-corrected chi connectivity index (χ1v) is 15.7. The van der Waals surface area contributed by atoms with Gasteiger partial charge in [-0.3, -0.25) is 9.78 Å². The largest absolute Gasteiger partial charge is 0.491 e. The van der Waals surface area contributed by atoms with E-state index in [1.165, 1.54) is 50.7 Å². The Morgan fingerprint density at radius 2 is 1.50 bits per heavy atom. The number of carbonyl (C=O) groups excluding carboxylic acids is 1. The molecule has 0 bridgehead atoms. The summed E-state index contributed by atoms with van der Waals surface area (Å²) in [4.78, 5) is 16.8. The summed E-state index contributed by atoms with van der Waals surface area (Å²) in [5.41, 5.74) is 2.10. The molecule has 1 aromatic heterocycles. The highest BCUT2D eigenvalue weighted by molar-refractivity contribution is 5.75. The van der Waals surface area contributed by atoms with Crippen molar-refractivity contribution in [1.29, 1.82) is 0 Å². The lowest BCUT2D eigenvalue weighted by atomic mass is 10.00. The van der Waals surface area contributed by atoms with Gasteiger partial charge in [0.1, 0.15) is 11.6 Å². The summed E-state index contributed by atoms with van der Waals surface area (Å²) >= 11 is 0. The van der Waals surface area contributed by atoms with Crippen LogP contribution in [-0.2, 0) is 4.79 Å². The van der Waals surface area contributed by atoms with Gasteiger partial charge in [0.05, 0.1) is 18.2 Å². The van der Waals surface area contributed by atoms with E-state index in [1.807, 2.05) is 6.92 Å². The SMILES string of the molecule is CCCCCCCCCCOc1ccc(-c2ccc(-c3ccc(OC(=O)C(C)CCCC(C)C)cc3F)nc2)cc1F. The molecule has 1 unspecified atom stereocenters. The smallest absolute Gasteiger partial charge is 0.314 e. The summed E-state index contributed by atoms with van der Waals surface area (Å²) in [6, 6.07) is 12.7. The maximum atomic E-state index is 14.9. The fourth-order valence-corrected chi connectivity index (χ4v) is 4.87. The van der Waals surface area contributed by atoms with E-state index < -0.39 is 11.6 Å². The van der Waals surface area contributed by atoms with Gasteiger partial charge in [-0.2, -0.15) is 0 Å². The second kappa shape index (κ2) is 17.6. The van der Waals surface area contributed by atoms with Crippen LogP contribution >= 0.6 is 0 Å². The molecule has 2 aromatic carbocycles. The summed E-state index contributed by atoms with van der Waals surface area (Å²) in [6.07, 6.45) is 14.0. The summed E-state index contributed by atoms with van der Waals surface area (Å²) in [5.74, 6) is -0.536. The van der Waals surface area contributed by atoms with Crippen molar-refractivity contribution in [3.05, 3.63) is 66.4 Å². The molecule has 0 radical (unpaired) electrons. The van der Waals surface area contributed by atoms with E-state index in [1.54, 1.807) is 42.6 Å². The average molecular weight is 580 g/mol. The maximum Gasteiger partial charge on any atom is 0.314 e. The van der Waals surface area contributed by atoms with Gasteiger partial charge < -0.3 is 9.47 Å². The molecule has 42 heavy (non-hydrogen) atoms. The molecule has 3 rings (SSSR count). The Kier molecular flexibility index (Phi) is 13.9. The van der Waals surface area contributed by atoms with Crippen molar-refractivity contribution < 1.29 is 23.0 Å². The number of nitrogens with zero attached hydrogens (tertiary/aromatic N) is 1. The summed E-state index contributed by atoms with van der Waals surface area (Å²) in [7, 11) is 0. The van der Waals surface area contributed by atoms with Crippen LogP contribution in [0.5, 0.6) is 11.5 Å². The first kappa shape index (κ1) is 33.2. The predicted octanol–water partition coefficient (Wildman–Crippen LogP) is 10.6. The van der Waals surface area contributed by atoms with E-state index in [4.69, 9.17) is 9.47 Å². The normalized spacial score (nSPS) is 12.0. The van der Waals surface area contributed by atoms with Crippen LogP contribution in [0.15, 0.2) is 54.7 Å². The highest BCUT2D eigenvalue weighted by Crippen LogP contribution is 2.29. The predicted molar refractivity (Wildman–Crippen MR) is 167 cm³/mol. The van der Waals surface area contributed by atoms with Crippen LogP contribution < -0.4 is 9.47 Å². The minimum Gasteiger partial charge on any atom is -0.491 e. The van der Waals surface area contributed by atoms with Crippen LogP contribution in [0.25, 0.3) is 22.4 Å². The number of aromatic nitrogens is 1. The number of esters is 1. The van der Waals surface area contributed by atoms with Gasteiger partial charge in [-0.05, 0) is 54.7 Å². The molecule has 0 amide bonds. The first-order valence-electron chi connectivity index (χ1n) is 15.7. The Morgan fingerprint density at radius 3 is 2.14 bits per heavy atom. The molecular formula is C36H47F2NO3. The molecule has 0 fully saturated rings. The molecule has 1 heterocycles. The zero-order chi connectivity index (χ0) is 30.3. The van der Waals surface area contributed by atoms with Crippen LogP contribution in [0.4, 0.5) is 8.78 Å². The van der Waals surface area contributed by atoms with Crippen molar-refractivity contribution in [2.24, 2.45) is 11.8 Å². The highest BCUT2D eigenvalue weighted by Gasteiger charge is 2.17. The van der Waals surface area contributed by atoms with Gasteiger partial charge in [-0.1, -0.05) is 97.6 Å². The molecule has 6 heteroatoms. The molecule has 0 saturated heterocycles. The van der Waals surface area contributed by atoms with E-state index in [0.29, 0.717) is 34.9 Å². The number of pyridine rings is 1. The monoisotopic (exact) mass is 579 g/mol. The zero-order valence-electron chi connectivity index (χ0n) is 25.8. The fraction of sp³-hybridized carbons (Fsp3) is 0.500. The van der Waals surface area contributed by atoms with Crippen LogP contribution in [0.3, 0.4) is 0 Å². The lowest BCUT2D eigenvalue weighted by Crippen LogP contribution is -2.18. The van der Waals surface area contributed by atoms with Gasteiger partial charge in [0, 0.05) is 23.4 Å². The molecule has 0 N–H and O–H groups in total. The van der Waals surface area contributed by atoms with Crippen molar-refractivity contribution in [3.63, 3.8) is 0 Å². The third kappa shape index (κ3) is 10.8. The third-order valence-electron chi connectivity index (χ3n) is 7.54. The Hall–Kier alpha value is -3.28. The second-order valence-electron chi connectivity index (χ2n) is 11.7. The van der Waals surface area contributed by atoms with Gasteiger partial charge in [0.25, 0.3) is 0 Å². The number of hydrogen-bond acceptors (Lipinski definition) is 4. The lowest BCUT2D eigenvalue weighted by molar-refractivity contribution is -0.138. The maximum absolute atomic E-state index is 14.9. The average Bonchev–Trinajstić information content (AvgIpc) is 2.97. The molecule has 0 aliphatic heterocycles. The molecule has 1 atom stereocenters. The molecule has 0 saturated carbocycles. The number of carbonyl (C=O) groups is 1. The van der Waals surface area contributed by atoms with Crippen LogP contribution in [0, 0.1) is 23.5 Å².